The summed E-state index contributed by atoms with van der Waals surface area (Å²) in [5.41, 5.74) is -0.391. The van der Waals surface area contributed by atoms with Gasteiger partial charge in [-0.3, -0.25) is 19.0 Å². The average molecular weight is 251 g/mol. The molecule has 0 saturated heterocycles. The van der Waals surface area contributed by atoms with Crippen molar-refractivity contribution in [2.45, 2.75) is 0 Å². The van der Waals surface area contributed by atoms with Crippen molar-refractivity contribution in [3.8, 4) is 0 Å². The highest BCUT2D eigenvalue weighted by Gasteiger charge is 2.22. The van der Waals surface area contributed by atoms with E-state index in [1.807, 2.05) is 0 Å². The number of hydrogen-bond acceptors (Lipinski definition) is 3. The van der Waals surface area contributed by atoms with Gasteiger partial charge in [0.1, 0.15) is 5.69 Å². The summed E-state index contributed by atoms with van der Waals surface area (Å²) < 4.78 is 20.4. The largest absolute Gasteiger partial charge is 0.295 e. The third-order valence-electron chi connectivity index (χ3n) is 1.71. The molecule has 1 unspecified atom stereocenters. The summed E-state index contributed by atoms with van der Waals surface area (Å²) in [5.74, 6) is 0. The van der Waals surface area contributed by atoms with Crippen molar-refractivity contribution in [1.29, 1.82) is 0 Å². The minimum absolute atomic E-state index is 0.0501. The average Bonchev–Trinajstić information content (AvgIpc) is 2.16. The topological polar surface area (TPSA) is 83.7 Å². The molecule has 1 aromatic carbocycles. The highest BCUT2D eigenvalue weighted by Crippen LogP contribution is 2.34. The second kappa shape index (κ2) is 4.56. The number of rotatable bonds is 3. The van der Waals surface area contributed by atoms with Crippen molar-refractivity contribution >= 4 is 34.2 Å². The summed E-state index contributed by atoms with van der Waals surface area (Å²) in [6, 6.07) is 4.02. The minimum Gasteiger partial charge on any atom is -0.289 e. The number of para-hydroxylation sites is 1. The van der Waals surface area contributed by atoms with E-state index < -0.39 is 16.2 Å². The first kappa shape index (κ1) is 11.9. The van der Waals surface area contributed by atoms with Crippen LogP contribution in [0.5, 0.6) is 0 Å². The molecule has 15 heavy (non-hydrogen) atoms. The van der Waals surface area contributed by atoms with Crippen LogP contribution in [-0.4, -0.2) is 20.7 Å². The van der Waals surface area contributed by atoms with Gasteiger partial charge in [-0.15, -0.1) is 0 Å². The maximum absolute atomic E-state index is 10.8. The molecule has 0 radical (unpaired) electrons. The Labute approximate surface area is 93.0 Å². The molecule has 0 bridgehead atoms. The molecular formula is C7H7ClN2O4S. The Kier molecular flexibility index (Phi) is 3.61. The number of benzene rings is 1. The van der Waals surface area contributed by atoms with Gasteiger partial charge >= 0.3 is 0 Å². The smallest absolute Gasteiger partial charge is 0.289 e. The Hall–Kier alpha value is -1.18. The zero-order valence-corrected chi connectivity index (χ0v) is 9.16. The second-order valence-electron chi connectivity index (χ2n) is 2.59. The maximum atomic E-state index is 10.8. The van der Waals surface area contributed by atoms with Gasteiger partial charge in [-0.2, -0.15) is 0 Å². The summed E-state index contributed by atoms with van der Waals surface area (Å²) in [4.78, 5) is 9.98. The first-order chi connectivity index (χ1) is 6.95. The summed E-state index contributed by atoms with van der Waals surface area (Å²) >= 11 is 3.37. The predicted octanol–water partition coefficient (Wildman–Crippen LogP) is 1.82. The van der Waals surface area contributed by atoms with E-state index in [9.17, 15) is 14.3 Å². The Bertz CT molecular complexity index is 425. The molecule has 1 rings (SSSR count). The number of nitro groups is 1. The van der Waals surface area contributed by atoms with Crippen LogP contribution in [0.1, 0.15) is 0 Å². The van der Waals surface area contributed by atoms with E-state index in [2.05, 4.69) is 0 Å². The third kappa shape index (κ3) is 2.44. The fourth-order valence-corrected chi connectivity index (χ4v) is 1.74. The molecule has 0 saturated carbocycles. The van der Waals surface area contributed by atoms with Gasteiger partial charge in [0.2, 0.25) is 0 Å². The molecule has 0 amide bonds. The van der Waals surface area contributed by atoms with Crippen molar-refractivity contribution in [2.75, 3.05) is 11.4 Å². The zero-order valence-electron chi connectivity index (χ0n) is 7.58. The molecule has 0 heterocycles. The lowest BCUT2D eigenvalue weighted by Gasteiger charge is -2.14. The van der Waals surface area contributed by atoms with Crippen LogP contribution in [0.15, 0.2) is 18.2 Å². The van der Waals surface area contributed by atoms with Gasteiger partial charge in [-0.25, -0.2) is 4.21 Å². The molecule has 82 valence electrons. The third-order valence-corrected chi connectivity index (χ3v) is 2.67. The number of hydrogen-bond donors (Lipinski definition) is 1. The lowest BCUT2D eigenvalue weighted by molar-refractivity contribution is -0.384. The van der Waals surface area contributed by atoms with Crippen LogP contribution in [0.25, 0.3) is 0 Å². The van der Waals surface area contributed by atoms with Crippen LogP contribution in [-0.2, 0) is 11.3 Å². The fraction of sp³-hybridized carbons (Fsp3) is 0.143. The van der Waals surface area contributed by atoms with Crippen molar-refractivity contribution in [1.82, 2.24) is 0 Å². The molecule has 0 fully saturated rings. The van der Waals surface area contributed by atoms with Gasteiger partial charge in [0.15, 0.2) is 0 Å². The van der Waals surface area contributed by atoms with E-state index in [-0.39, 0.29) is 16.4 Å². The van der Waals surface area contributed by atoms with Crippen molar-refractivity contribution in [3.63, 3.8) is 0 Å². The van der Waals surface area contributed by atoms with Gasteiger partial charge in [-0.05, 0) is 6.07 Å². The highest BCUT2D eigenvalue weighted by atomic mass is 35.5. The van der Waals surface area contributed by atoms with E-state index in [0.29, 0.717) is 0 Å². The molecule has 1 N–H and O–H groups in total. The summed E-state index contributed by atoms with van der Waals surface area (Å²) in [6.45, 7) is 0. The van der Waals surface area contributed by atoms with Gasteiger partial charge in [0.05, 0.1) is 9.95 Å². The summed E-state index contributed by atoms with van der Waals surface area (Å²) in [6.07, 6.45) is 0. The molecule has 1 aromatic rings. The molecule has 1 atom stereocenters. The monoisotopic (exact) mass is 250 g/mol. The first-order valence-corrected chi connectivity index (χ1v) is 5.17. The van der Waals surface area contributed by atoms with E-state index in [1.165, 1.54) is 25.2 Å². The number of nitrogens with zero attached hydrogens (tertiary/aromatic N) is 2. The van der Waals surface area contributed by atoms with E-state index in [0.717, 1.165) is 4.31 Å². The zero-order chi connectivity index (χ0) is 11.6. The van der Waals surface area contributed by atoms with Gasteiger partial charge in [-0.1, -0.05) is 17.7 Å². The van der Waals surface area contributed by atoms with E-state index in [1.54, 1.807) is 0 Å². The van der Waals surface area contributed by atoms with Gasteiger partial charge in [0.25, 0.3) is 17.0 Å². The Morgan fingerprint density at radius 1 is 1.60 bits per heavy atom. The summed E-state index contributed by atoms with van der Waals surface area (Å²) in [7, 11) is 1.24. The molecule has 0 aliphatic carbocycles. The number of nitro benzene ring substituents is 1. The molecule has 0 aliphatic heterocycles. The minimum atomic E-state index is -2.35. The molecule has 0 spiro atoms. The van der Waals surface area contributed by atoms with E-state index in [4.69, 9.17) is 16.2 Å². The van der Waals surface area contributed by atoms with Crippen LogP contribution < -0.4 is 4.31 Å². The molecular weight excluding hydrogens is 244 g/mol. The van der Waals surface area contributed by atoms with E-state index >= 15 is 0 Å². The number of halogens is 1. The number of anilines is 1. The maximum Gasteiger partial charge on any atom is 0.295 e. The second-order valence-corrected chi connectivity index (χ2v) is 4.01. The van der Waals surface area contributed by atoms with Crippen molar-refractivity contribution in [2.24, 2.45) is 0 Å². The van der Waals surface area contributed by atoms with Crippen molar-refractivity contribution < 1.29 is 13.7 Å². The standard InChI is InChI=1S/C7H7ClN2O4S/c1-9(15(13)14)7-5(8)3-2-4-6(7)10(11)12/h2-4H,1H3,(H,13,14). The molecule has 0 aromatic heterocycles. The summed E-state index contributed by atoms with van der Waals surface area (Å²) in [5, 5.41) is 10.7. The fourth-order valence-electron chi connectivity index (χ4n) is 1.04. The Morgan fingerprint density at radius 3 is 2.67 bits per heavy atom. The lowest BCUT2D eigenvalue weighted by atomic mass is 10.3. The highest BCUT2D eigenvalue weighted by molar-refractivity contribution is 7.80. The molecule has 8 heteroatoms. The lowest BCUT2D eigenvalue weighted by Crippen LogP contribution is -2.20. The Morgan fingerprint density at radius 2 is 2.20 bits per heavy atom. The predicted molar refractivity (Wildman–Crippen MR) is 57.3 cm³/mol. The van der Waals surface area contributed by atoms with Crippen LogP contribution in [0, 0.1) is 10.1 Å². The van der Waals surface area contributed by atoms with Crippen LogP contribution in [0.3, 0.4) is 0 Å². The quantitative estimate of drug-likeness (QED) is 0.504. The molecule has 0 aliphatic rings. The van der Waals surface area contributed by atoms with Gasteiger partial charge < -0.3 is 0 Å². The van der Waals surface area contributed by atoms with Crippen LogP contribution in [0.4, 0.5) is 11.4 Å². The van der Waals surface area contributed by atoms with Crippen molar-refractivity contribution in [3.05, 3.63) is 33.3 Å². The Balaban J connectivity index is 3.37. The first-order valence-electron chi connectivity index (χ1n) is 3.72. The van der Waals surface area contributed by atoms with Crippen LogP contribution >= 0.6 is 11.6 Å². The molecule has 6 nitrogen and oxygen atoms in total. The normalized spacial score (nSPS) is 12.2. The SMILES string of the molecule is CN(c1c(Cl)cccc1[N+](=O)[O-])S(=O)O. The van der Waals surface area contributed by atoms with Crippen LogP contribution in [0.2, 0.25) is 5.02 Å². The van der Waals surface area contributed by atoms with Gasteiger partial charge in [0, 0.05) is 13.1 Å².